The lowest BCUT2D eigenvalue weighted by atomic mass is 9.99. The monoisotopic (exact) mass is 368 g/mol. The molecule has 27 heavy (non-hydrogen) atoms. The van der Waals surface area contributed by atoms with Crippen LogP contribution in [-0.4, -0.2) is 25.4 Å². The van der Waals surface area contributed by atoms with E-state index in [1.165, 1.54) is 0 Å². The molecule has 1 atom stereocenters. The molecule has 0 aliphatic carbocycles. The van der Waals surface area contributed by atoms with E-state index in [2.05, 4.69) is 16.5 Å². The van der Waals surface area contributed by atoms with Gasteiger partial charge >= 0.3 is 0 Å². The van der Waals surface area contributed by atoms with E-state index in [4.69, 9.17) is 4.42 Å². The number of hydrogen-bond acceptors (Lipinski definition) is 4. The molecule has 5 heteroatoms. The Labute approximate surface area is 160 Å². The summed E-state index contributed by atoms with van der Waals surface area (Å²) in [4.78, 5) is 4.67. The fraction of sp³-hybridized carbons (Fsp3) is 0.409. The van der Waals surface area contributed by atoms with Gasteiger partial charge in [0.05, 0.1) is 17.6 Å². The first-order valence-electron chi connectivity index (χ1n) is 9.43. The summed E-state index contributed by atoms with van der Waals surface area (Å²) < 4.78 is 7.97. The number of hydrogen-bond donors (Lipinski definition) is 2. The van der Waals surface area contributed by atoms with Crippen molar-refractivity contribution in [3.05, 3.63) is 54.6 Å². The highest BCUT2D eigenvalue weighted by Crippen LogP contribution is 2.35. The van der Waals surface area contributed by atoms with Gasteiger partial charge in [0.25, 0.3) is 0 Å². The van der Waals surface area contributed by atoms with E-state index < -0.39 is 5.60 Å². The molecule has 0 saturated carbocycles. The molecule has 0 bridgehead atoms. The van der Waals surface area contributed by atoms with Crippen LogP contribution in [0.3, 0.4) is 0 Å². The maximum atomic E-state index is 9.96. The number of aliphatic hydroxyl groups excluding tert-OH is 1. The van der Waals surface area contributed by atoms with Crippen LogP contribution in [0.2, 0.25) is 0 Å². The average Bonchev–Trinajstić information content (AvgIpc) is 3.27. The summed E-state index contributed by atoms with van der Waals surface area (Å²) >= 11 is 0. The molecule has 2 N–H and O–H groups in total. The van der Waals surface area contributed by atoms with Gasteiger partial charge in [0.15, 0.2) is 5.76 Å². The van der Waals surface area contributed by atoms with Gasteiger partial charge in [-0.25, -0.2) is 4.98 Å². The Bertz CT molecular complexity index is 859. The van der Waals surface area contributed by atoms with Crippen molar-refractivity contribution >= 4 is 0 Å². The maximum Gasteiger partial charge on any atom is 0.153 e. The van der Waals surface area contributed by atoms with E-state index in [-0.39, 0.29) is 12.6 Å². The Morgan fingerprint density at radius 3 is 2.52 bits per heavy atom. The first-order valence-corrected chi connectivity index (χ1v) is 9.43. The highest BCUT2D eigenvalue weighted by Gasteiger charge is 2.21. The molecule has 3 aromatic rings. The number of rotatable bonds is 8. The van der Waals surface area contributed by atoms with Gasteiger partial charge in [-0.05, 0) is 52.2 Å². The molecule has 2 heterocycles. The van der Waals surface area contributed by atoms with Crippen molar-refractivity contribution in [2.75, 3.05) is 0 Å². The first-order chi connectivity index (χ1) is 12.9. The molecule has 0 spiro atoms. The fourth-order valence-corrected chi connectivity index (χ4v) is 3.31. The molecule has 5 nitrogen and oxygen atoms in total. The molecule has 0 saturated heterocycles. The second-order valence-corrected chi connectivity index (χ2v) is 7.69. The van der Waals surface area contributed by atoms with Crippen LogP contribution in [0.1, 0.15) is 51.8 Å². The van der Waals surface area contributed by atoms with Crippen molar-refractivity contribution < 1.29 is 14.6 Å². The Balaban J connectivity index is 1.95. The summed E-state index contributed by atoms with van der Waals surface area (Å²) in [6, 6.07) is 13.9. The molecular weight excluding hydrogens is 340 g/mol. The minimum absolute atomic E-state index is 0.129. The Morgan fingerprint density at radius 1 is 1.15 bits per heavy atom. The van der Waals surface area contributed by atoms with Gasteiger partial charge in [0.2, 0.25) is 0 Å². The number of aliphatic hydroxyl groups is 2. The summed E-state index contributed by atoms with van der Waals surface area (Å²) in [6.07, 6.45) is 4.45. The topological polar surface area (TPSA) is 71.4 Å². The highest BCUT2D eigenvalue weighted by atomic mass is 16.4. The lowest BCUT2D eigenvalue weighted by Gasteiger charge is -2.20. The van der Waals surface area contributed by atoms with Crippen LogP contribution in [0.15, 0.2) is 53.2 Å². The summed E-state index contributed by atoms with van der Waals surface area (Å²) in [5.41, 5.74) is 2.15. The highest BCUT2D eigenvalue weighted by molar-refractivity contribution is 5.76. The molecule has 0 aliphatic heterocycles. The van der Waals surface area contributed by atoms with Gasteiger partial charge < -0.3 is 19.2 Å². The van der Waals surface area contributed by atoms with Crippen LogP contribution >= 0.6 is 0 Å². The molecular formula is C22H28N2O3. The van der Waals surface area contributed by atoms with Gasteiger partial charge in [0.1, 0.15) is 18.1 Å². The van der Waals surface area contributed by atoms with Crippen LogP contribution in [0.5, 0.6) is 0 Å². The van der Waals surface area contributed by atoms with E-state index in [9.17, 15) is 10.2 Å². The second kappa shape index (κ2) is 8.11. The minimum atomic E-state index is -0.649. The molecule has 3 rings (SSSR count). The van der Waals surface area contributed by atoms with Gasteiger partial charge in [-0.2, -0.15) is 0 Å². The van der Waals surface area contributed by atoms with Crippen LogP contribution in [0.25, 0.3) is 22.7 Å². The van der Waals surface area contributed by atoms with Gasteiger partial charge in [-0.3, -0.25) is 0 Å². The van der Waals surface area contributed by atoms with Crippen molar-refractivity contribution in [3.63, 3.8) is 0 Å². The zero-order valence-corrected chi connectivity index (χ0v) is 16.2. The van der Waals surface area contributed by atoms with E-state index in [0.717, 1.165) is 36.2 Å². The number of furan rings is 1. The molecule has 1 aromatic carbocycles. The quantitative estimate of drug-likeness (QED) is 0.599. The molecule has 0 aliphatic rings. The normalized spacial score (nSPS) is 13.1. The maximum absolute atomic E-state index is 9.96. The number of aromatic nitrogens is 2. The zero-order chi connectivity index (χ0) is 19.4. The SMILES string of the molecule is C[C@@H](CCCC(C)(C)O)n1cnc(-c2ccccc2)c1-c1ccc(CO)o1. The van der Waals surface area contributed by atoms with Crippen LogP contribution in [-0.2, 0) is 6.61 Å². The lowest BCUT2D eigenvalue weighted by molar-refractivity contribution is 0.0672. The smallest absolute Gasteiger partial charge is 0.153 e. The van der Waals surface area contributed by atoms with Crippen molar-refractivity contribution in [2.24, 2.45) is 0 Å². The zero-order valence-electron chi connectivity index (χ0n) is 16.2. The lowest BCUT2D eigenvalue weighted by Crippen LogP contribution is -2.18. The number of imidazole rings is 1. The summed E-state index contributed by atoms with van der Waals surface area (Å²) in [5, 5.41) is 19.3. The third kappa shape index (κ3) is 4.67. The standard InChI is InChI=1S/C22H28N2O3/c1-16(8-7-13-22(2,3)26)24-15-23-20(17-9-5-4-6-10-17)21(24)19-12-11-18(14-25)27-19/h4-6,9-12,15-16,25-26H,7-8,13-14H2,1-3H3/t16-/m0/s1. The summed E-state index contributed by atoms with van der Waals surface area (Å²) in [5.74, 6) is 1.23. The van der Waals surface area contributed by atoms with Gasteiger partial charge in [-0.1, -0.05) is 30.3 Å². The summed E-state index contributed by atoms with van der Waals surface area (Å²) in [6.45, 7) is 5.70. The van der Waals surface area contributed by atoms with E-state index in [1.807, 2.05) is 56.6 Å². The molecule has 0 unspecified atom stereocenters. The predicted molar refractivity (Wildman–Crippen MR) is 106 cm³/mol. The Kier molecular flexibility index (Phi) is 5.82. The first kappa shape index (κ1) is 19.4. The van der Waals surface area contributed by atoms with Gasteiger partial charge in [0, 0.05) is 11.6 Å². The number of benzene rings is 1. The van der Waals surface area contributed by atoms with Crippen LogP contribution in [0, 0.1) is 0 Å². The molecule has 0 fully saturated rings. The minimum Gasteiger partial charge on any atom is -0.457 e. The van der Waals surface area contributed by atoms with E-state index >= 15 is 0 Å². The van der Waals surface area contributed by atoms with E-state index in [0.29, 0.717) is 11.5 Å². The molecule has 144 valence electrons. The largest absolute Gasteiger partial charge is 0.457 e. The van der Waals surface area contributed by atoms with Gasteiger partial charge in [-0.15, -0.1) is 0 Å². The van der Waals surface area contributed by atoms with Crippen molar-refractivity contribution in [2.45, 2.75) is 58.3 Å². The summed E-state index contributed by atoms with van der Waals surface area (Å²) in [7, 11) is 0. The van der Waals surface area contributed by atoms with Crippen molar-refractivity contribution in [1.82, 2.24) is 9.55 Å². The van der Waals surface area contributed by atoms with E-state index in [1.54, 1.807) is 6.07 Å². The number of nitrogens with zero attached hydrogens (tertiary/aromatic N) is 2. The van der Waals surface area contributed by atoms with Crippen LogP contribution in [0.4, 0.5) is 0 Å². The Hall–Kier alpha value is -2.37. The van der Waals surface area contributed by atoms with Crippen molar-refractivity contribution in [3.8, 4) is 22.7 Å². The average molecular weight is 368 g/mol. The van der Waals surface area contributed by atoms with Crippen molar-refractivity contribution in [1.29, 1.82) is 0 Å². The molecule has 2 aromatic heterocycles. The molecule has 0 radical (unpaired) electrons. The van der Waals surface area contributed by atoms with Crippen LogP contribution < -0.4 is 0 Å². The second-order valence-electron chi connectivity index (χ2n) is 7.69. The predicted octanol–water partition coefficient (Wildman–Crippen LogP) is 4.80. The molecule has 0 amide bonds. The fourth-order valence-electron chi connectivity index (χ4n) is 3.31. The Morgan fingerprint density at radius 2 is 1.89 bits per heavy atom. The third-order valence-electron chi connectivity index (χ3n) is 4.78. The third-order valence-corrected chi connectivity index (χ3v) is 4.78.